The van der Waals surface area contributed by atoms with Gasteiger partial charge in [0.15, 0.2) is 5.96 Å². The van der Waals surface area contributed by atoms with Gasteiger partial charge in [-0.25, -0.2) is 0 Å². The summed E-state index contributed by atoms with van der Waals surface area (Å²) < 4.78 is 5.97. The van der Waals surface area contributed by atoms with Crippen LogP contribution >= 0.6 is 11.3 Å². The summed E-state index contributed by atoms with van der Waals surface area (Å²) >= 11 is 1.80. The monoisotopic (exact) mass is 366 g/mol. The third-order valence-electron chi connectivity index (χ3n) is 4.70. The molecule has 1 heterocycles. The number of guanidine groups is 1. The predicted molar refractivity (Wildman–Crippen MR) is 108 cm³/mol. The molecule has 0 bridgehead atoms. The number of thiophene rings is 1. The van der Waals surface area contributed by atoms with E-state index in [1.54, 1.807) is 11.3 Å². The first kappa shape index (κ1) is 20.2. The van der Waals surface area contributed by atoms with Crippen LogP contribution in [0.2, 0.25) is 0 Å². The van der Waals surface area contributed by atoms with Crippen LogP contribution in [-0.4, -0.2) is 57.8 Å². The van der Waals surface area contributed by atoms with Crippen LogP contribution in [-0.2, 0) is 4.74 Å². The number of hydrogen-bond donors (Lipinski definition) is 2. The van der Waals surface area contributed by atoms with Gasteiger partial charge in [-0.05, 0) is 44.8 Å². The van der Waals surface area contributed by atoms with Crippen molar-refractivity contribution < 1.29 is 4.74 Å². The van der Waals surface area contributed by atoms with Crippen LogP contribution in [0.5, 0.6) is 0 Å². The second kappa shape index (κ2) is 11.5. The summed E-state index contributed by atoms with van der Waals surface area (Å²) in [6.07, 6.45) is 8.03. The molecule has 0 radical (unpaired) electrons. The Labute approximate surface area is 156 Å². The normalized spacial score (nSPS) is 17.7. The van der Waals surface area contributed by atoms with Crippen LogP contribution in [0, 0.1) is 0 Å². The fraction of sp³-hybridized carbons (Fsp3) is 0.737. The molecule has 1 aromatic heterocycles. The Kier molecular flexibility index (Phi) is 9.29. The van der Waals surface area contributed by atoms with Gasteiger partial charge < -0.3 is 20.3 Å². The van der Waals surface area contributed by atoms with E-state index in [4.69, 9.17) is 4.74 Å². The number of aliphatic imine (C=N–C) groups is 1. The molecule has 1 atom stereocenters. The van der Waals surface area contributed by atoms with Crippen LogP contribution in [0.4, 0.5) is 0 Å². The Morgan fingerprint density at radius 2 is 2.12 bits per heavy atom. The summed E-state index contributed by atoms with van der Waals surface area (Å²) in [5.74, 6) is 0.862. The fourth-order valence-electron chi connectivity index (χ4n) is 3.19. The molecule has 0 spiro atoms. The summed E-state index contributed by atoms with van der Waals surface area (Å²) in [6.45, 7) is 2.56. The van der Waals surface area contributed by atoms with Gasteiger partial charge in [0.25, 0.3) is 0 Å². The highest BCUT2D eigenvalue weighted by molar-refractivity contribution is 7.10. The lowest BCUT2D eigenvalue weighted by Gasteiger charge is -2.24. The molecule has 6 heteroatoms. The molecule has 1 aliphatic carbocycles. The molecule has 1 fully saturated rings. The molecule has 25 heavy (non-hydrogen) atoms. The van der Waals surface area contributed by atoms with E-state index < -0.39 is 0 Å². The van der Waals surface area contributed by atoms with E-state index in [0.717, 1.165) is 32.1 Å². The van der Waals surface area contributed by atoms with Gasteiger partial charge in [-0.15, -0.1) is 11.3 Å². The van der Waals surface area contributed by atoms with Gasteiger partial charge in [-0.1, -0.05) is 25.3 Å². The van der Waals surface area contributed by atoms with Crippen LogP contribution in [0.25, 0.3) is 0 Å². The van der Waals surface area contributed by atoms with Gasteiger partial charge >= 0.3 is 0 Å². The Morgan fingerprint density at radius 1 is 1.32 bits per heavy atom. The zero-order valence-corrected chi connectivity index (χ0v) is 16.8. The standard InChI is InChI=1S/C19H34N4OS/c1-20-19(21-12-8-13-24-16-9-5-4-6-10-16)22-15-17(23(2)3)18-11-7-14-25-18/h7,11,14,16-17H,4-6,8-10,12-13,15H2,1-3H3,(H2,20,21,22). The molecule has 1 aromatic rings. The lowest BCUT2D eigenvalue weighted by Crippen LogP contribution is -2.42. The maximum atomic E-state index is 5.97. The zero-order chi connectivity index (χ0) is 17.9. The molecule has 5 nitrogen and oxygen atoms in total. The summed E-state index contributed by atoms with van der Waals surface area (Å²) in [5, 5.41) is 8.96. The maximum Gasteiger partial charge on any atom is 0.191 e. The molecule has 142 valence electrons. The van der Waals surface area contributed by atoms with E-state index in [2.05, 4.69) is 52.1 Å². The van der Waals surface area contributed by atoms with Crippen LogP contribution in [0.15, 0.2) is 22.5 Å². The Balaban J connectivity index is 1.62. The van der Waals surface area contributed by atoms with Crippen LogP contribution < -0.4 is 10.6 Å². The van der Waals surface area contributed by atoms with Crippen molar-refractivity contribution in [3.05, 3.63) is 22.4 Å². The first-order valence-corrected chi connectivity index (χ1v) is 10.3. The number of ether oxygens (including phenoxy) is 1. The molecule has 0 saturated heterocycles. The van der Waals surface area contributed by atoms with E-state index in [9.17, 15) is 0 Å². The molecule has 1 saturated carbocycles. The minimum atomic E-state index is 0.355. The van der Waals surface area contributed by atoms with Crippen molar-refractivity contribution in [2.75, 3.05) is 40.8 Å². The summed E-state index contributed by atoms with van der Waals surface area (Å²) in [5.41, 5.74) is 0. The van der Waals surface area contributed by atoms with E-state index in [1.165, 1.54) is 37.0 Å². The minimum absolute atomic E-state index is 0.355. The largest absolute Gasteiger partial charge is 0.378 e. The van der Waals surface area contributed by atoms with Gasteiger partial charge in [0.1, 0.15) is 0 Å². The molecule has 1 unspecified atom stereocenters. The van der Waals surface area contributed by atoms with Crippen molar-refractivity contribution in [2.45, 2.75) is 50.7 Å². The van der Waals surface area contributed by atoms with Gasteiger partial charge in [0, 0.05) is 31.6 Å². The lowest BCUT2D eigenvalue weighted by molar-refractivity contribution is 0.0277. The van der Waals surface area contributed by atoms with Crippen molar-refractivity contribution in [2.24, 2.45) is 4.99 Å². The number of nitrogens with zero attached hydrogens (tertiary/aromatic N) is 2. The van der Waals surface area contributed by atoms with Crippen molar-refractivity contribution >= 4 is 17.3 Å². The third-order valence-corrected chi connectivity index (χ3v) is 5.67. The van der Waals surface area contributed by atoms with Gasteiger partial charge in [-0.2, -0.15) is 0 Å². The second-order valence-electron chi connectivity index (χ2n) is 6.86. The number of rotatable bonds is 9. The van der Waals surface area contributed by atoms with Crippen molar-refractivity contribution in [1.82, 2.24) is 15.5 Å². The Morgan fingerprint density at radius 3 is 2.76 bits per heavy atom. The molecule has 0 aromatic carbocycles. The summed E-state index contributed by atoms with van der Waals surface area (Å²) in [7, 11) is 6.05. The highest BCUT2D eigenvalue weighted by Gasteiger charge is 2.15. The van der Waals surface area contributed by atoms with Crippen molar-refractivity contribution in [3.8, 4) is 0 Å². The summed E-state index contributed by atoms with van der Waals surface area (Å²) in [6, 6.07) is 4.65. The van der Waals surface area contributed by atoms with Crippen molar-refractivity contribution in [3.63, 3.8) is 0 Å². The van der Waals surface area contributed by atoms with E-state index in [-0.39, 0.29) is 0 Å². The third kappa shape index (κ3) is 7.34. The van der Waals surface area contributed by atoms with Crippen molar-refractivity contribution in [1.29, 1.82) is 0 Å². The van der Waals surface area contributed by atoms with Gasteiger partial charge in [0.2, 0.25) is 0 Å². The first-order chi connectivity index (χ1) is 12.2. The number of likely N-dealkylation sites (N-methyl/N-ethyl adjacent to an activating group) is 1. The highest BCUT2D eigenvalue weighted by Crippen LogP contribution is 2.22. The predicted octanol–water partition coefficient (Wildman–Crippen LogP) is 3.26. The Hall–Kier alpha value is -1.11. The molecule has 0 amide bonds. The number of hydrogen-bond acceptors (Lipinski definition) is 4. The first-order valence-electron chi connectivity index (χ1n) is 9.46. The van der Waals surface area contributed by atoms with Crippen LogP contribution in [0.1, 0.15) is 49.4 Å². The topological polar surface area (TPSA) is 48.9 Å². The Bertz CT molecular complexity index is 484. The average Bonchev–Trinajstić information content (AvgIpc) is 3.14. The SMILES string of the molecule is CN=C(NCCCOC1CCCCC1)NCC(c1cccs1)N(C)C. The van der Waals surface area contributed by atoms with E-state index in [1.807, 2.05) is 7.05 Å². The molecule has 1 aliphatic rings. The molecule has 2 N–H and O–H groups in total. The fourth-order valence-corrected chi connectivity index (χ4v) is 4.12. The molecular weight excluding hydrogens is 332 g/mol. The minimum Gasteiger partial charge on any atom is -0.378 e. The van der Waals surface area contributed by atoms with E-state index in [0.29, 0.717) is 12.1 Å². The highest BCUT2D eigenvalue weighted by atomic mass is 32.1. The summed E-state index contributed by atoms with van der Waals surface area (Å²) in [4.78, 5) is 7.94. The molecule has 2 rings (SSSR count). The van der Waals surface area contributed by atoms with Crippen LogP contribution in [0.3, 0.4) is 0 Å². The maximum absolute atomic E-state index is 5.97. The molecule has 0 aliphatic heterocycles. The smallest absolute Gasteiger partial charge is 0.191 e. The number of nitrogens with one attached hydrogen (secondary N) is 2. The zero-order valence-electron chi connectivity index (χ0n) is 16.0. The second-order valence-corrected chi connectivity index (χ2v) is 7.84. The lowest BCUT2D eigenvalue weighted by atomic mass is 9.98. The van der Waals surface area contributed by atoms with E-state index >= 15 is 0 Å². The van der Waals surface area contributed by atoms with Gasteiger partial charge in [-0.3, -0.25) is 4.99 Å². The molecular formula is C19H34N4OS. The average molecular weight is 367 g/mol. The van der Waals surface area contributed by atoms with Gasteiger partial charge in [0.05, 0.1) is 12.1 Å². The quantitative estimate of drug-likeness (QED) is 0.400.